The molecule has 2 aromatic rings. The van der Waals surface area contributed by atoms with Crippen LogP contribution in [0.15, 0.2) is 36.4 Å². The molecule has 0 bridgehead atoms. The smallest absolute Gasteiger partial charge is 0.231 e. The van der Waals surface area contributed by atoms with Gasteiger partial charge in [-0.25, -0.2) is 0 Å². The highest BCUT2D eigenvalue weighted by molar-refractivity contribution is 6.06. The van der Waals surface area contributed by atoms with Gasteiger partial charge in [0.15, 0.2) is 17.3 Å². The molecule has 0 aliphatic carbocycles. The van der Waals surface area contributed by atoms with Gasteiger partial charge in [-0.1, -0.05) is 6.58 Å². The first-order valence-electron chi connectivity index (χ1n) is 9.35. The van der Waals surface area contributed by atoms with E-state index in [2.05, 4.69) is 6.58 Å². The predicted octanol–water partition coefficient (Wildman–Crippen LogP) is 3.41. The first-order valence-corrected chi connectivity index (χ1v) is 9.35. The Labute approximate surface area is 161 Å². The lowest BCUT2D eigenvalue weighted by Crippen LogP contribution is -2.43. The van der Waals surface area contributed by atoms with Gasteiger partial charge in [-0.05, 0) is 30.7 Å². The molecule has 4 heterocycles. The molecular weight excluding hydrogens is 360 g/mol. The largest absolute Gasteiger partial charge is 0.489 e. The highest BCUT2D eigenvalue weighted by Crippen LogP contribution is 2.50. The van der Waals surface area contributed by atoms with Crippen LogP contribution in [0.25, 0.3) is 0 Å². The molecule has 0 radical (unpaired) electrons. The van der Waals surface area contributed by atoms with Crippen molar-refractivity contribution >= 4 is 5.78 Å². The first kappa shape index (κ1) is 15.9. The number of rotatable bonds is 1. The molecule has 0 amide bonds. The molecule has 3 unspecified atom stereocenters. The summed E-state index contributed by atoms with van der Waals surface area (Å²) in [6.45, 7) is 6.42. The van der Waals surface area contributed by atoms with Crippen LogP contribution in [-0.4, -0.2) is 31.4 Å². The Kier molecular flexibility index (Phi) is 3.08. The molecule has 4 aliphatic heterocycles. The fourth-order valence-electron chi connectivity index (χ4n) is 4.40. The Bertz CT molecular complexity index is 1060. The number of ether oxygens (including phenoxy) is 5. The third kappa shape index (κ3) is 2.06. The second-order valence-corrected chi connectivity index (χ2v) is 7.63. The van der Waals surface area contributed by atoms with E-state index >= 15 is 0 Å². The van der Waals surface area contributed by atoms with E-state index in [-0.39, 0.29) is 24.8 Å². The van der Waals surface area contributed by atoms with Gasteiger partial charge in [0.1, 0.15) is 36.1 Å². The average molecular weight is 378 g/mol. The van der Waals surface area contributed by atoms with Crippen LogP contribution in [0.5, 0.6) is 28.7 Å². The maximum absolute atomic E-state index is 13.5. The summed E-state index contributed by atoms with van der Waals surface area (Å²) in [6.07, 6.45) is 0.193. The molecule has 6 heteroatoms. The molecule has 4 aliphatic rings. The topological polar surface area (TPSA) is 63.2 Å². The molecule has 0 spiro atoms. The highest BCUT2D eigenvalue weighted by atomic mass is 16.7. The van der Waals surface area contributed by atoms with Crippen LogP contribution in [0.2, 0.25) is 0 Å². The molecule has 0 saturated carbocycles. The summed E-state index contributed by atoms with van der Waals surface area (Å²) >= 11 is 0. The second-order valence-electron chi connectivity index (χ2n) is 7.63. The van der Waals surface area contributed by atoms with Crippen molar-refractivity contribution in [1.82, 2.24) is 0 Å². The second kappa shape index (κ2) is 5.44. The highest BCUT2D eigenvalue weighted by Gasteiger charge is 2.45. The Balaban J connectivity index is 1.44. The molecule has 28 heavy (non-hydrogen) atoms. The molecule has 2 aromatic carbocycles. The monoisotopic (exact) mass is 378 g/mol. The number of ketones is 1. The fourth-order valence-corrected chi connectivity index (χ4v) is 4.40. The van der Waals surface area contributed by atoms with Gasteiger partial charge < -0.3 is 23.7 Å². The van der Waals surface area contributed by atoms with Gasteiger partial charge in [0.25, 0.3) is 0 Å². The van der Waals surface area contributed by atoms with Crippen molar-refractivity contribution in [2.45, 2.75) is 31.5 Å². The van der Waals surface area contributed by atoms with Crippen molar-refractivity contribution in [2.75, 3.05) is 13.4 Å². The van der Waals surface area contributed by atoms with Crippen molar-refractivity contribution in [3.63, 3.8) is 0 Å². The number of hydrogen-bond donors (Lipinski definition) is 0. The maximum atomic E-state index is 13.5. The lowest BCUT2D eigenvalue weighted by molar-refractivity contribution is 0.0556. The van der Waals surface area contributed by atoms with E-state index in [9.17, 15) is 4.79 Å². The molecule has 142 valence electrons. The minimum Gasteiger partial charge on any atom is -0.489 e. The molecule has 6 rings (SSSR count). The molecule has 0 fully saturated rings. The molecule has 3 atom stereocenters. The van der Waals surface area contributed by atoms with Gasteiger partial charge in [-0.15, -0.1) is 0 Å². The van der Waals surface area contributed by atoms with E-state index in [0.29, 0.717) is 41.6 Å². The lowest BCUT2D eigenvalue weighted by Gasteiger charge is -2.37. The summed E-state index contributed by atoms with van der Waals surface area (Å²) in [5.74, 6) is 2.92. The fraction of sp³-hybridized carbons (Fsp3) is 0.318. The maximum Gasteiger partial charge on any atom is 0.231 e. The van der Waals surface area contributed by atoms with Crippen LogP contribution in [0, 0.1) is 0 Å². The average Bonchev–Trinajstić information content (AvgIpc) is 3.32. The minimum absolute atomic E-state index is 0.0382. The Hall–Kier alpha value is -3.15. The van der Waals surface area contributed by atoms with Crippen LogP contribution >= 0.6 is 0 Å². The normalized spacial score (nSPS) is 25.5. The van der Waals surface area contributed by atoms with E-state index in [1.807, 2.05) is 19.1 Å². The number of hydrogen-bond acceptors (Lipinski definition) is 6. The molecular formula is C22H18O6. The molecule has 0 saturated heterocycles. The van der Waals surface area contributed by atoms with Gasteiger partial charge in [-0.2, -0.15) is 0 Å². The molecule has 6 nitrogen and oxygen atoms in total. The SMILES string of the molecule is C=C(C)C1Cc2c(ccc3c2OC2COc4cc5c(cc4C2C3=O)OCO5)O1. The van der Waals surface area contributed by atoms with Crippen LogP contribution in [0.3, 0.4) is 0 Å². The number of benzene rings is 2. The van der Waals surface area contributed by atoms with E-state index in [4.69, 9.17) is 23.7 Å². The Morgan fingerprint density at radius 3 is 2.68 bits per heavy atom. The summed E-state index contributed by atoms with van der Waals surface area (Å²) in [7, 11) is 0. The Morgan fingerprint density at radius 2 is 1.86 bits per heavy atom. The number of carbonyl (C=O) groups is 1. The van der Waals surface area contributed by atoms with Gasteiger partial charge in [-0.3, -0.25) is 4.79 Å². The standard InChI is InChI=1S/C22H18O6/c1-10(2)15-6-13-14(27-15)4-3-11-21(23)20-12-5-17-18(26-9-25-17)7-16(12)24-8-19(20)28-22(11)13/h3-5,7,15,19-20H,1,6,8-9H2,2H3. The van der Waals surface area contributed by atoms with Crippen molar-refractivity contribution in [3.8, 4) is 28.7 Å². The van der Waals surface area contributed by atoms with E-state index in [1.54, 1.807) is 12.1 Å². The molecule has 0 N–H and O–H groups in total. The van der Waals surface area contributed by atoms with E-state index < -0.39 is 5.92 Å². The number of Topliss-reactive ketones (excluding diaryl/α,β-unsaturated/α-hetero) is 1. The zero-order valence-corrected chi connectivity index (χ0v) is 15.3. The lowest BCUT2D eigenvalue weighted by atomic mass is 9.81. The van der Waals surface area contributed by atoms with Crippen molar-refractivity contribution in [3.05, 3.63) is 53.1 Å². The summed E-state index contributed by atoms with van der Waals surface area (Å²) < 4.78 is 29.1. The predicted molar refractivity (Wildman–Crippen MR) is 98.9 cm³/mol. The van der Waals surface area contributed by atoms with Gasteiger partial charge in [0, 0.05) is 23.6 Å². The summed E-state index contributed by atoms with van der Waals surface area (Å²) in [5, 5.41) is 0. The van der Waals surface area contributed by atoms with E-state index in [1.165, 1.54) is 0 Å². The summed E-state index contributed by atoms with van der Waals surface area (Å²) in [4.78, 5) is 13.5. The summed E-state index contributed by atoms with van der Waals surface area (Å²) in [6, 6.07) is 7.30. The van der Waals surface area contributed by atoms with E-state index in [0.717, 1.165) is 22.4 Å². The molecule has 0 aromatic heterocycles. The van der Waals surface area contributed by atoms with Gasteiger partial charge >= 0.3 is 0 Å². The van der Waals surface area contributed by atoms with Crippen LogP contribution < -0.4 is 23.7 Å². The number of fused-ring (bicyclic) bond motifs is 7. The minimum atomic E-state index is -0.428. The van der Waals surface area contributed by atoms with Crippen molar-refractivity contribution in [2.24, 2.45) is 0 Å². The van der Waals surface area contributed by atoms with Gasteiger partial charge in [0.2, 0.25) is 6.79 Å². The van der Waals surface area contributed by atoms with Crippen LogP contribution in [-0.2, 0) is 6.42 Å². The Morgan fingerprint density at radius 1 is 1.04 bits per heavy atom. The zero-order chi connectivity index (χ0) is 19.0. The first-order chi connectivity index (χ1) is 13.6. The van der Waals surface area contributed by atoms with Crippen molar-refractivity contribution in [1.29, 1.82) is 0 Å². The third-order valence-electron chi connectivity index (χ3n) is 5.86. The van der Waals surface area contributed by atoms with Crippen molar-refractivity contribution < 1.29 is 28.5 Å². The summed E-state index contributed by atoms with van der Waals surface area (Å²) in [5.41, 5.74) is 3.27. The third-order valence-corrected chi connectivity index (χ3v) is 5.86. The zero-order valence-electron chi connectivity index (χ0n) is 15.3. The van der Waals surface area contributed by atoms with Crippen LogP contribution in [0.4, 0.5) is 0 Å². The number of carbonyl (C=O) groups excluding carboxylic acids is 1. The van der Waals surface area contributed by atoms with Crippen LogP contribution in [0.1, 0.15) is 34.3 Å². The quantitative estimate of drug-likeness (QED) is 0.709. The van der Waals surface area contributed by atoms with Gasteiger partial charge in [0.05, 0.1) is 11.5 Å².